The second kappa shape index (κ2) is 6.24. The van der Waals surface area contributed by atoms with Crippen LogP contribution in [0, 0.1) is 16.7 Å². The maximum Gasteiger partial charge on any atom is 0.235 e. The van der Waals surface area contributed by atoms with E-state index in [0.717, 1.165) is 17.3 Å². The highest BCUT2D eigenvalue weighted by Crippen LogP contribution is 2.59. The Morgan fingerprint density at radius 1 is 1.24 bits per heavy atom. The Bertz CT molecular complexity index is 729. The second-order valence-electron chi connectivity index (χ2n) is 7.75. The number of halogens is 1. The zero-order valence-corrected chi connectivity index (χ0v) is 16.4. The Balaban J connectivity index is 1.65. The van der Waals surface area contributed by atoms with Crippen LogP contribution < -0.4 is 5.32 Å². The van der Waals surface area contributed by atoms with Crippen molar-refractivity contribution in [1.29, 1.82) is 0 Å². The van der Waals surface area contributed by atoms with Gasteiger partial charge in [-0.3, -0.25) is 19.3 Å². The molecule has 2 fully saturated rings. The molecule has 1 saturated heterocycles. The van der Waals surface area contributed by atoms with Crippen LogP contribution in [0.15, 0.2) is 28.7 Å². The van der Waals surface area contributed by atoms with Crippen molar-refractivity contribution in [3.63, 3.8) is 0 Å². The summed E-state index contributed by atoms with van der Waals surface area (Å²) in [5.74, 6) is -0.593. The van der Waals surface area contributed by atoms with Gasteiger partial charge in [0.25, 0.3) is 0 Å². The van der Waals surface area contributed by atoms with E-state index >= 15 is 0 Å². The summed E-state index contributed by atoms with van der Waals surface area (Å²) in [6.07, 6.45) is 1.59. The molecule has 1 heterocycles. The number of amides is 3. The fourth-order valence-corrected chi connectivity index (χ4v) is 4.35. The van der Waals surface area contributed by atoms with Crippen LogP contribution in [0.2, 0.25) is 0 Å². The average Bonchev–Trinajstić information content (AvgIpc) is 2.74. The molecule has 2 atom stereocenters. The number of imide groups is 1. The van der Waals surface area contributed by atoms with E-state index in [2.05, 4.69) is 21.2 Å². The number of carbonyl (C=O) groups is 3. The number of piperidine rings is 1. The fourth-order valence-electron chi connectivity index (χ4n) is 4.08. The molecule has 3 amide bonds. The number of fused-ring (bicyclic) bond motifs is 2. The van der Waals surface area contributed by atoms with Crippen molar-refractivity contribution in [1.82, 2.24) is 4.90 Å². The Hall–Kier alpha value is -1.69. The largest absolute Gasteiger partial charge is 0.326 e. The van der Waals surface area contributed by atoms with E-state index in [0.29, 0.717) is 5.69 Å². The second-order valence-corrected chi connectivity index (χ2v) is 8.66. The molecule has 2 aliphatic rings. The first-order chi connectivity index (χ1) is 11.7. The molecular formula is C19H23BrN2O3. The Kier molecular flexibility index (Phi) is 4.52. The summed E-state index contributed by atoms with van der Waals surface area (Å²) in [7, 11) is 0. The highest BCUT2D eigenvalue weighted by Gasteiger charge is 2.64. The van der Waals surface area contributed by atoms with E-state index in [1.165, 1.54) is 4.90 Å². The third-order valence-corrected chi connectivity index (χ3v) is 6.73. The summed E-state index contributed by atoms with van der Waals surface area (Å²) in [6, 6.07) is 7.27. The molecular weight excluding hydrogens is 384 g/mol. The van der Waals surface area contributed by atoms with Gasteiger partial charge in [0.05, 0.1) is 5.41 Å². The number of benzene rings is 1. The smallest absolute Gasteiger partial charge is 0.235 e. The zero-order valence-electron chi connectivity index (χ0n) is 14.8. The minimum absolute atomic E-state index is 0.108. The number of hydrogen-bond acceptors (Lipinski definition) is 3. The molecule has 0 spiro atoms. The zero-order chi connectivity index (χ0) is 18.4. The molecule has 5 nitrogen and oxygen atoms in total. The summed E-state index contributed by atoms with van der Waals surface area (Å²) >= 11 is 3.34. The van der Waals surface area contributed by atoms with Gasteiger partial charge in [-0.2, -0.15) is 0 Å². The number of anilines is 1. The topological polar surface area (TPSA) is 66.5 Å². The predicted molar refractivity (Wildman–Crippen MR) is 98.7 cm³/mol. The number of likely N-dealkylation sites (tertiary alicyclic amines) is 1. The first-order valence-electron chi connectivity index (χ1n) is 8.58. The first-order valence-corrected chi connectivity index (χ1v) is 9.37. The number of nitrogens with one attached hydrogen (secondary N) is 1. The molecule has 1 aliphatic heterocycles. The van der Waals surface area contributed by atoms with Gasteiger partial charge < -0.3 is 5.32 Å². The molecule has 134 valence electrons. The van der Waals surface area contributed by atoms with Gasteiger partial charge in [0, 0.05) is 29.0 Å². The molecule has 1 N–H and O–H groups in total. The van der Waals surface area contributed by atoms with Gasteiger partial charge >= 0.3 is 0 Å². The minimum atomic E-state index is -0.520. The molecule has 25 heavy (non-hydrogen) atoms. The van der Waals surface area contributed by atoms with Crippen LogP contribution in [0.25, 0.3) is 0 Å². The van der Waals surface area contributed by atoms with Crippen molar-refractivity contribution in [2.75, 3.05) is 11.9 Å². The number of nitrogens with zero attached hydrogens (tertiary/aromatic N) is 1. The fraction of sp³-hybridized carbons (Fsp3) is 0.526. The van der Waals surface area contributed by atoms with Crippen molar-refractivity contribution in [2.24, 2.45) is 16.7 Å². The molecule has 1 saturated carbocycles. The first kappa shape index (κ1) is 18.1. The predicted octanol–water partition coefficient (Wildman–Crippen LogP) is 3.59. The third-order valence-electron chi connectivity index (χ3n) is 6.20. The molecule has 1 aromatic rings. The van der Waals surface area contributed by atoms with Crippen molar-refractivity contribution >= 4 is 39.3 Å². The SMILES string of the molecule is CC12CCC(C(=O)N(CCC(=O)Nc3ccc(Br)cc3)C1=O)C2(C)C. The quantitative estimate of drug-likeness (QED) is 0.776. The van der Waals surface area contributed by atoms with Crippen LogP contribution in [0.1, 0.15) is 40.0 Å². The minimum Gasteiger partial charge on any atom is -0.326 e. The lowest BCUT2D eigenvalue weighted by Gasteiger charge is -2.47. The maximum absolute atomic E-state index is 12.9. The molecule has 2 unspecified atom stereocenters. The Labute approximate surface area is 156 Å². The van der Waals surface area contributed by atoms with Gasteiger partial charge in [-0.1, -0.05) is 36.7 Å². The van der Waals surface area contributed by atoms with Crippen LogP contribution in [-0.4, -0.2) is 29.2 Å². The average molecular weight is 407 g/mol. The summed E-state index contributed by atoms with van der Waals surface area (Å²) in [5.41, 5.74) is -0.150. The van der Waals surface area contributed by atoms with E-state index in [9.17, 15) is 14.4 Å². The molecule has 0 radical (unpaired) electrons. The van der Waals surface area contributed by atoms with Gasteiger partial charge in [-0.25, -0.2) is 0 Å². The lowest BCUT2D eigenvalue weighted by Crippen LogP contribution is -2.59. The van der Waals surface area contributed by atoms with Crippen LogP contribution in [0.3, 0.4) is 0 Å². The van der Waals surface area contributed by atoms with E-state index in [1.54, 1.807) is 12.1 Å². The highest BCUT2D eigenvalue weighted by molar-refractivity contribution is 9.10. The van der Waals surface area contributed by atoms with Gasteiger partial charge in [0.1, 0.15) is 0 Å². The molecule has 1 aliphatic carbocycles. The summed E-state index contributed by atoms with van der Waals surface area (Å²) in [4.78, 5) is 39.1. The number of rotatable bonds is 4. The van der Waals surface area contributed by atoms with E-state index in [-0.39, 0.29) is 42.0 Å². The molecule has 2 bridgehead atoms. The van der Waals surface area contributed by atoms with Crippen molar-refractivity contribution < 1.29 is 14.4 Å². The van der Waals surface area contributed by atoms with E-state index in [1.807, 2.05) is 32.9 Å². The standard InChI is InChI=1S/C19H23BrN2O3/c1-18(2)14-8-10-19(18,3)17(25)22(16(14)24)11-9-15(23)21-13-6-4-12(20)5-7-13/h4-7,14H,8-11H2,1-3H3,(H,21,23). The summed E-state index contributed by atoms with van der Waals surface area (Å²) in [5, 5.41) is 2.79. The Morgan fingerprint density at radius 3 is 2.52 bits per heavy atom. The van der Waals surface area contributed by atoms with Gasteiger partial charge in [0.15, 0.2) is 0 Å². The molecule has 6 heteroatoms. The Morgan fingerprint density at radius 2 is 1.88 bits per heavy atom. The van der Waals surface area contributed by atoms with Gasteiger partial charge in [-0.15, -0.1) is 0 Å². The monoisotopic (exact) mass is 406 g/mol. The highest BCUT2D eigenvalue weighted by atomic mass is 79.9. The normalized spacial score (nSPS) is 27.5. The van der Waals surface area contributed by atoms with Crippen LogP contribution >= 0.6 is 15.9 Å². The van der Waals surface area contributed by atoms with E-state index in [4.69, 9.17) is 0 Å². The van der Waals surface area contributed by atoms with Crippen molar-refractivity contribution in [3.8, 4) is 0 Å². The van der Waals surface area contributed by atoms with E-state index < -0.39 is 5.41 Å². The lowest BCUT2D eigenvalue weighted by molar-refractivity contribution is -0.167. The van der Waals surface area contributed by atoms with Gasteiger partial charge in [-0.05, 0) is 42.5 Å². The van der Waals surface area contributed by atoms with Crippen molar-refractivity contribution in [3.05, 3.63) is 28.7 Å². The number of carbonyl (C=O) groups excluding carboxylic acids is 3. The summed E-state index contributed by atoms with van der Waals surface area (Å²) in [6.45, 7) is 6.12. The summed E-state index contributed by atoms with van der Waals surface area (Å²) < 4.78 is 0.932. The third kappa shape index (κ3) is 2.90. The maximum atomic E-state index is 12.9. The van der Waals surface area contributed by atoms with Crippen LogP contribution in [0.5, 0.6) is 0 Å². The van der Waals surface area contributed by atoms with Crippen LogP contribution in [-0.2, 0) is 14.4 Å². The molecule has 1 aromatic carbocycles. The lowest BCUT2D eigenvalue weighted by atomic mass is 9.62. The van der Waals surface area contributed by atoms with Crippen molar-refractivity contribution in [2.45, 2.75) is 40.0 Å². The molecule has 3 rings (SSSR count). The van der Waals surface area contributed by atoms with Gasteiger partial charge in [0.2, 0.25) is 17.7 Å². The van der Waals surface area contributed by atoms with Crippen LogP contribution in [0.4, 0.5) is 5.69 Å². The number of hydrogen-bond donors (Lipinski definition) is 1. The molecule has 0 aromatic heterocycles.